The first-order valence-electron chi connectivity index (χ1n) is 5.82. The number of aliphatic carboxylic acids is 1. The molecule has 2 aliphatic rings. The summed E-state index contributed by atoms with van der Waals surface area (Å²) in [6.07, 6.45) is 1.90. The Morgan fingerprint density at radius 3 is 2.50 bits per heavy atom. The topological polar surface area (TPSA) is 69.6 Å². The summed E-state index contributed by atoms with van der Waals surface area (Å²) in [5, 5.41) is 12.0. The van der Waals surface area contributed by atoms with E-state index in [1.54, 1.807) is 4.90 Å². The van der Waals surface area contributed by atoms with Gasteiger partial charge in [-0.25, -0.2) is 0 Å². The van der Waals surface area contributed by atoms with Crippen LogP contribution in [0.3, 0.4) is 0 Å². The van der Waals surface area contributed by atoms with E-state index < -0.39 is 5.97 Å². The third-order valence-corrected chi connectivity index (χ3v) is 3.41. The Hall–Kier alpha value is -1.10. The van der Waals surface area contributed by atoms with Gasteiger partial charge in [-0.15, -0.1) is 0 Å². The number of carbonyl (C=O) groups is 2. The van der Waals surface area contributed by atoms with Crippen LogP contribution in [-0.2, 0) is 9.59 Å². The van der Waals surface area contributed by atoms with Gasteiger partial charge >= 0.3 is 5.97 Å². The van der Waals surface area contributed by atoms with Gasteiger partial charge in [0.05, 0.1) is 5.92 Å². The van der Waals surface area contributed by atoms with Gasteiger partial charge < -0.3 is 15.3 Å². The minimum Gasteiger partial charge on any atom is -0.480 e. The minimum atomic E-state index is -0.918. The Balaban J connectivity index is 2.01. The van der Waals surface area contributed by atoms with Gasteiger partial charge in [-0.2, -0.15) is 0 Å². The summed E-state index contributed by atoms with van der Waals surface area (Å²) in [5.74, 6) is -0.635. The second-order valence-corrected chi connectivity index (χ2v) is 4.83. The van der Waals surface area contributed by atoms with Crippen molar-refractivity contribution in [1.29, 1.82) is 0 Å². The first kappa shape index (κ1) is 11.4. The fourth-order valence-electron chi connectivity index (χ4n) is 2.27. The molecule has 2 rings (SSSR count). The van der Waals surface area contributed by atoms with E-state index in [0.29, 0.717) is 12.5 Å². The zero-order valence-corrected chi connectivity index (χ0v) is 9.48. The number of amides is 1. The molecule has 5 heteroatoms. The molecule has 1 aliphatic heterocycles. The molecule has 1 saturated carbocycles. The van der Waals surface area contributed by atoms with Crippen LogP contribution in [-0.4, -0.2) is 47.6 Å². The van der Waals surface area contributed by atoms with Crippen molar-refractivity contribution in [3.05, 3.63) is 0 Å². The summed E-state index contributed by atoms with van der Waals surface area (Å²) >= 11 is 0. The molecule has 2 atom stereocenters. The lowest BCUT2D eigenvalue weighted by Gasteiger charge is -2.25. The second-order valence-electron chi connectivity index (χ2n) is 4.83. The van der Waals surface area contributed by atoms with E-state index in [2.05, 4.69) is 5.32 Å². The van der Waals surface area contributed by atoms with E-state index in [1.807, 2.05) is 6.92 Å². The van der Waals surface area contributed by atoms with Crippen molar-refractivity contribution in [1.82, 2.24) is 10.2 Å². The first-order valence-corrected chi connectivity index (χ1v) is 5.82. The van der Waals surface area contributed by atoms with Crippen LogP contribution in [0, 0.1) is 11.8 Å². The molecular weight excluding hydrogens is 208 g/mol. The highest BCUT2D eigenvalue weighted by molar-refractivity contribution is 5.84. The van der Waals surface area contributed by atoms with Crippen LogP contribution >= 0.6 is 0 Å². The average Bonchev–Trinajstić information content (AvgIpc) is 2.97. The van der Waals surface area contributed by atoms with Crippen LogP contribution in [0.5, 0.6) is 0 Å². The van der Waals surface area contributed by atoms with Crippen molar-refractivity contribution in [2.45, 2.75) is 25.8 Å². The molecular formula is C11H18N2O3. The van der Waals surface area contributed by atoms with E-state index in [-0.39, 0.29) is 24.4 Å². The molecule has 5 nitrogen and oxygen atoms in total. The third-order valence-electron chi connectivity index (χ3n) is 3.41. The zero-order chi connectivity index (χ0) is 11.7. The van der Waals surface area contributed by atoms with Gasteiger partial charge in [0.2, 0.25) is 5.91 Å². The molecule has 0 aromatic carbocycles. The Morgan fingerprint density at radius 1 is 1.38 bits per heavy atom. The minimum absolute atomic E-state index is 0.0161. The van der Waals surface area contributed by atoms with Gasteiger partial charge in [0.1, 0.15) is 6.54 Å². The summed E-state index contributed by atoms with van der Waals surface area (Å²) in [6.45, 7) is 3.42. The number of carboxylic acids is 1. The molecule has 1 heterocycles. The summed E-state index contributed by atoms with van der Waals surface area (Å²) in [6, 6.07) is 0.177. The van der Waals surface area contributed by atoms with Gasteiger partial charge in [0.15, 0.2) is 0 Å². The van der Waals surface area contributed by atoms with Gasteiger partial charge in [0, 0.05) is 12.6 Å². The van der Waals surface area contributed by atoms with Crippen LogP contribution in [0.1, 0.15) is 19.8 Å². The molecule has 16 heavy (non-hydrogen) atoms. The summed E-state index contributed by atoms with van der Waals surface area (Å²) in [4.78, 5) is 24.5. The molecule has 0 aromatic rings. The van der Waals surface area contributed by atoms with Crippen molar-refractivity contribution < 1.29 is 14.7 Å². The monoisotopic (exact) mass is 226 g/mol. The number of nitrogens with one attached hydrogen (secondary N) is 1. The van der Waals surface area contributed by atoms with Crippen molar-refractivity contribution in [3.63, 3.8) is 0 Å². The van der Waals surface area contributed by atoms with E-state index in [9.17, 15) is 9.59 Å². The maximum Gasteiger partial charge on any atom is 0.323 e. The Kier molecular flexibility index (Phi) is 3.14. The standard InChI is InChI=1S/C11H18N2O3/c1-7-4-12-5-9(7)11(16)13(6-10(14)15)8-2-3-8/h7-9,12H,2-6H2,1H3,(H,14,15). The molecule has 1 saturated heterocycles. The number of hydrogen-bond donors (Lipinski definition) is 2. The van der Waals surface area contributed by atoms with Crippen molar-refractivity contribution >= 4 is 11.9 Å². The predicted molar refractivity (Wildman–Crippen MR) is 57.9 cm³/mol. The lowest BCUT2D eigenvalue weighted by molar-refractivity contribution is -0.147. The van der Waals surface area contributed by atoms with E-state index in [4.69, 9.17) is 5.11 Å². The smallest absolute Gasteiger partial charge is 0.323 e. The molecule has 2 fully saturated rings. The normalized spacial score (nSPS) is 29.1. The largest absolute Gasteiger partial charge is 0.480 e. The van der Waals surface area contributed by atoms with Crippen LogP contribution < -0.4 is 5.32 Å². The summed E-state index contributed by atoms with van der Waals surface area (Å²) < 4.78 is 0. The highest BCUT2D eigenvalue weighted by Gasteiger charge is 2.39. The molecule has 2 N–H and O–H groups in total. The zero-order valence-electron chi connectivity index (χ0n) is 9.48. The highest BCUT2D eigenvalue weighted by Crippen LogP contribution is 2.30. The fraction of sp³-hybridized carbons (Fsp3) is 0.818. The molecule has 1 aliphatic carbocycles. The molecule has 2 unspecified atom stereocenters. The van der Waals surface area contributed by atoms with Crippen molar-refractivity contribution in [2.75, 3.05) is 19.6 Å². The molecule has 1 amide bonds. The van der Waals surface area contributed by atoms with Crippen LogP contribution in [0.15, 0.2) is 0 Å². The SMILES string of the molecule is CC1CNCC1C(=O)N(CC(=O)O)C1CC1. The summed E-state index contributed by atoms with van der Waals surface area (Å²) in [5.41, 5.74) is 0. The summed E-state index contributed by atoms with van der Waals surface area (Å²) in [7, 11) is 0. The Morgan fingerprint density at radius 2 is 2.06 bits per heavy atom. The number of carboxylic acid groups (broad SMARTS) is 1. The van der Waals surface area contributed by atoms with E-state index in [0.717, 1.165) is 19.4 Å². The second kappa shape index (κ2) is 4.41. The predicted octanol–water partition coefficient (Wildman–Crippen LogP) is -0.0825. The Labute approximate surface area is 94.8 Å². The van der Waals surface area contributed by atoms with E-state index >= 15 is 0 Å². The van der Waals surface area contributed by atoms with Crippen LogP contribution in [0.25, 0.3) is 0 Å². The van der Waals surface area contributed by atoms with Crippen molar-refractivity contribution in [2.24, 2.45) is 11.8 Å². The average molecular weight is 226 g/mol. The maximum absolute atomic E-state index is 12.2. The number of hydrogen-bond acceptors (Lipinski definition) is 3. The van der Waals surface area contributed by atoms with Gasteiger partial charge in [-0.1, -0.05) is 6.92 Å². The van der Waals surface area contributed by atoms with Gasteiger partial charge in [-0.05, 0) is 25.3 Å². The fourth-order valence-corrected chi connectivity index (χ4v) is 2.27. The number of rotatable bonds is 4. The van der Waals surface area contributed by atoms with Crippen LogP contribution in [0.2, 0.25) is 0 Å². The lowest BCUT2D eigenvalue weighted by Crippen LogP contribution is -2.43. The Bertz CT molecular complexity index is 302. The lowest BCUT2D eigenvalue weighted by atomic mass is 9.96. The number of nitrogens with zero attached hydrogens (tertiary/aromatic N) is 1. The third kappa shape index (κ3) is 2.35. The molecule has 0 bridgehead atoms. The van der Waals surface area contributed by atoms with Crippen molar-refractivity contribution in [3.8, 4) is 0 Å². The first-order chi connectivity index (χ1) is 7.59. The quantitative estimate of drug-likeness (QED) is 0.703. The molecule has 0 spiro atoms. The van der Waals surface area contributed by atoms with E-state index in [1.165, 1.54) is 0 Å². The molecule has 0 aromatic heterocycles. The van der Waals surface area contributed by atoms with Gasteiger partial charge in [-0.3, -0.25) is 9.59 Å². The molecule has 0 radical (unpaired) electrons. The number of carbonyl (C=O) groups excluding carboxylic acids is 1. The van der Waals surface area contributed by atoms with Gasteiger partial charge in [0.25, 0.3) is 0 Å². The molecule has 90 valence electrons. The highest BCUT2D eigenvalue weighted by atomic mass is 16.4. The maximum atomic E-state index is 12.2. The van der Waals surface area contributed by atoms with Crippen LogP contribution in [0.4, 0.5) is 0 Å².